The second kappa shape index (κ2) is 48.9. The van der Waals surface area contributed by atoms with Crippen LogP contribution in [0, 0.1) is 0 Å². The quantitative estimate of drug-likeness (QED) is 0.0214. The van der Waals surface area contributed by atoms with E-state index in [0.717, 1.165) is 70.6 Å². The van der Waals surface area contributed by atoms with Crippen molar-refractivity contribution in [3.05, 3.63) is 48.6 Å². The summed E-state index contributed by atoms with van der Waals surface area (Å²) in [6, 6.07) is 0. The largest absolute Gasteiger partial charge is 0.472 e. The molecule has 382 valence electrons. The number of nitrogens with zero attached hydrogens (tertiary/aromatic N) is 1. The van der Waals surface area contributed by atoms with Crippen LogP contribution in [0.2, 0.25) is 0 Å². The number of carbonyl (C=O) groups excluding carboxylic acids is 1. The number of rotatable bonds is 51. The van der Waals surface area contributed by atoms with E-state index in [1.165, 1.54) is 154 Å². The summed E-state index contributed by atoms with van der Waals surface area (Å²) in [6.45, 7) is 5.52. The summed E-state index contributed by atoms with van der Waals surface area (Å²) in [6.07, 6.45) is 61.8. The molecule has 2 unspecified atom stereocenters. The number of carbonyl (C=O) groups is 1. The van der Waals surface area contributed by atoms with Crippen molar-refractivity contribution in [1.82, 2.24) is 0 Å². The lowest BCUT2D eigenvalue weighted by atomic mass is 10.0. The second-order valence-electron chi connectivity index (χ2n) is 19.6. The van der Waals surface area contributed by atoms with E-state index in [4.69, 9.17) is 18.5 Å². The maximum Gasteiger partial charge on any atom is 0.472 e. The predicted octanol–water partition coefficient (Wildman–Crippen LogP) is 17.1. The third-order valence-corrected chi connectivity index (χ3v) is 12.9. The van der Waals surface area contributed by atoms with E-state index >= 15 is 0 Å². The number of esters is 1. The Morgan fingerprint density at radius 3 is 1.34 bits per heavy atom. The summed E-state index contributed by atoms with van der Waals surface area (Å²) in [7, 11) is 1.66. The lowest BCUT2D eigenvalue weighted by molar-refractivity contribution is -0.870. The van der Waals surface area contributed by atoms with Crippen molar-refractivity contribution in [2.75, 3.05) is 54.1 Å². The molecule has 0 aromatic heterocycles. The van der Waals surface area contributed by atoms with Crippen molar-refractivity contribution in [2.45, 2.75) is 251 Å². The van der Waals surface area contributed by atoms with E-state index in [2.05, 4.69) is 62.5 Å². The first-order chi connectivity index (χ1) is 31.6. The van der Waals surface area contributed by atoms with Gasteiger partial charge in [-0.25, -0.2) is 4.57 Å². The van der Waals surface area contributed by atoms with Crippen molar-refractivity contribution in [2.24, 2.45) is 0 Å². The van der Waals surface area contributed by atoms with Gasteiger partial charge in [0.1, 0.15) is 19.3 Å². The minimum absolute atomic E-state index is 0.0835. The monoisotopic (exact) mass is 937 g/mol. The SMILES string of the molecule is CC/C=C\C/C=C\C/C=C\C/C=C\CCCCCCC(=O)OC(COCCCCCCCCCCCCCCCCCCCCCCCCCCCC)COP(=O)(O)OCC[N+](C)(C)C. The molecule has 0 amide bonds. The smallest absolute Gasteiger partial charge is 0.457 e. The molecule has 0 fully saturated rings. The van der Waals surface area contributed by atoms with Crippen LogP contribution in [0.4, 0.5) is 0 Å². The fourth-order valence-electron chi connectivity index (χ4n) is 7.72. The fraction of sp³-hybridized carbons (Fsp3) is 0.839. The standard InChI is InChI=1S/C56H106NO7P/c1-6-8-10-12-14-16-18-20-22-24-25-26-27-28-29-30-31-32-34-36-38-40-42-44-46-48-51-61-53-55(54-63-65(59,60)62-52-50-57(3,4)5)64-56(58)49-47-45-43-41-39-37-35-33-23-21-19-17-15-13-11-9-7-2/h9,11,15,17,21,23,35,37,55H,6-8,10,12-14,16,18-20,22,24-34,36,38-54H2,1-5H3/p+1/b11-9-,17-15-,23-21-,37-35-. The van der Waals surface area contributed by atoms with Crippen molar-refractivity contribution < 1.29 is 37.3 Å². The number of unbranched alkanes of at least 4 members (excludes halogenated alkanes) is 29. The molecule has 0 radical (unpaired) electrons. The van der Waals surface area contributed by atoms with Crippen LogP contribution in [0.3, 0.4) is 0 Å². The van der Waals surface area contributed by atoms with Crippen LogP contribution in [0.1, 0.15) is 245 Å². The Morgan fingerprint density at radius 1 is 0.492 bits per heavy atom. The first kappa shape index (κ1) is 63.5. The van der Waals surface area contributed by atoms with Crippen LogP contribution in [-0.4, -0.2) is 75.6 Å². The van der Waals surface area contributed by atoms with Crippen LogP contribution in [0.25, 0.3) is 0 Å². The van der Waals surface area contributed by atoms with E-state index in [0.29, 0.717) is 24.1 Å². The average Bonchev–Trinajstić information content (AvgIpc) is 3.27. The average molecular weight is 937 g/mol. The number of likely N-dealkylation sites (N-methyl/N-ethyl adjacent to an activating group) is 1. The predicted molar refractivity (Wildman–Crippen MR) is 279 cm³/mol. The van der Waals surface area contributed by atoms with Gasteiger partial charge in [0.05, 0.1) is 34.4 Å². The number of hydrogen-bond donors (Lipinski definition) is 1. The first-order valence-electron chi connectivity index (χ1n) is 27.4. The highest BCUT2D eigenvalue weighted by molar-refractivity contribution is 7.47. The van der Waals surface area contributed by atoms with Gasteiger partial charge in [-0.2, -0.15) is 0 Å². The molecule has 0 aromatic rings. The molecule has 0 heterocycles. The van der Waals surface area contributed by atoms with Gasteiger partial charge in [-0.05, 0) is 51.4 Å². The van der Waals surface area contributed by atoms with Gasteiger partial charge >= 0.3 is 13.8 Å². The number of phosphoric ester groups is 1. The number of ether oxygens (including phenoxy) is 2. The Kier molecular flexibility index (Phi) is 47.7. The Balaban J connectivity index is 4.06. The number of hydrogen-bond acceptors (Lipinski definition) is 6. The van der Waals surface area contributed by atoms with Crippen LogP contribution >= 0.6 is 7.82 Å². The van der Waals surface area contributed by atoms with Gasteiger partial charge < -0.3 is 18.9 Å². The molecule has 0 saturated carbocycles. The van der Waals surface area contributed by atoms with Gasteiger partial charge in [-0.15, -0.1) is 0 Å². The lowest BCUT2D eigenvalue weighted by Crippen LogP contribution is -2.37. The zero-order valence-electron chi connectivity index (χ0n) is 43.5. The Labute approximate surface area is 403 Å². The first-order valence-corrected chi connectivity index (χ1v) is 28.9. The molecule has 8 nitrogen and oxygen atoms in total. The maximum atomic E-state index is 12.8. The van der Waals surface area contributed by atoms with E-state index < -0.39 is 13.9 Å². The van der Waals surface area contributed by atoms with Gasteiger partial charge in [0.2, 0.25) is 0 Å². The van der Waals surface area contributed by atoms with Crippen molar-refractivity contribution in [1.29, 1.82) is 0 Å². The molecule has 9 heteroatoms. The summed E-state index contributed by atoms with van der Waals surface area (Å²) in [4.78, 5) is 23.0. The molecule has 0 aromatic carbocycles. The summed E-state index contributed by atoms with van der Waals surface area (Å²) in [5.74, 6) is -0.333. The zero-order valence-corrected chi connectivity index (χ0v) is 44.4. The fourth-order valence-corrected chi connectivity index (χ4v) is 8.46. The van der Waals surface area contributed by atoms with Crippen LogP contribution in [0.15, 0.2) is 48.6 Å². The van der Waals surface area contributed by atoms with Crippen LogP contribution in [0.5, 0.6) is 0 Å². The molecule has 1 N–H and O–H groups in total. The van der Waals surface area contributed by atoms with E-state index in [9.17, 15) is 14.3 Å². The number of phosphoric acid groups is 1. The van der Waals surface area contributed by atoms with Gasteiger partial charge in [0.15, 0.2) is 0 Å². The van der Waals surface area contributed by atoms with Crippen molar-refractivity contribution >= 4 is 13.8 Å². The van der Waals surface area contributed by atoms with Gasteiger partial charge in [-0.1, -0.05) is 236 Å². The molecule has 0 aliphatic heterocycles. The molecule has 0 aliphatic rings. The molecular weight excluding hydrogens is 830 g/mol. The summed E-state index contributed by atoms with van der Waals surface area (Å²) in [5, 5.41) is 0. The van der Waals surface area contributed by atoms with E-state index in [1.54, 1.807) is 0 Å². The van der Waals surface area contributed by atoms with Crippen LogP contribution < -0.4 is 0 Å². The molecule has 0 rings (SSSR count). The molecule has 2 atom stereocenters. The molecular formula is C56H107NO7P+. The minimum atomic E-state index is -4.29. The Morgan fingerprint density at radius 2 is 0.892 bits per heavy atom. The van der Waals surface area contributed by atoms with Crippen molar-refractivity contribution in [3.8, 4) is 0 Å². The highest BCUT2D eigenvalue weighted by atomic mass is 31.2. The topological polar surface area (TPSA) is 91.3 Å². The van der Waals surface area contributed by atoms with Crippen LogP contribution in [-0.2, 0) is 27.9 Å². The zero-order chi connectivity index (χ0) is 47.6. The second-order valence-corrected chi connectivity index (χ2v) is 21.0. The molecule has 65 heavy (non-hydrogen) atoms. The Hall–Kier alpha value is -1.54. The Bertz CT molecular complexity index is 1180. The van der Waals surface area contributed by atoms with Gasteiger partial charge in [0, 0.05) is 13.0 Å². The van der Waals surface area contributed by atoms with Gasteiger partial charge in [-0.3, -0.25) is 13.8 Å². The summed E-state index contributed by atoms with van der Waals surface area (Å²) < 4.78 is 35.2. The number of quaternary nitrogens is 1. The highest BCUT2D eigenvalue weighted by Crippen LogP contribution is 2.43. The van der Waals surface area contributed by atoms with Gasteiger partial charge in [0.25, 0.3) is 0 Å². The maximum absolute atomic E-state index is 12.8. The summed E-state index contributed by atoms with van der Waals surface area (Å²) >= 11 is 0. The molecule has 0 spiro atoms. The highest BCUT2D eigenvalue weighted by Gasteiger charge is 2.26. The molecule has 0 aliphatic carbocycles. The normalized spacial score (nSPS) is 13.9. The van der Waals surface area contributed by atoms with E-state index in [-0.39, 0.29) is 25.8 Å². The lowest BCUT2D eigenvalue weighted by Gasteiger charge is -2.24. The minimum Gasteiger partial charge on any atom is -0.457 e. The molecule has 0 bridgehead atoms. The summed E-state index contributed by atoms with van der Waals surface area (Å²) in [5.41, 5.74) is 0. The number of allylic oxidation sites excluding steroid dienone is 8. The van der Waals surface area contributed by atoms with Crippen molar-refractivity contribution in [3.63, 3.8) is 0 Å². The molecule has 0 saturated heterocycles. The third kappa shape index (κ3) is 53.3. The third-order valence-electron chi connectivity index (χ3n) is 11.9. The van der Waals surface area contributed by atoms with E-state index in [1.807, 2.05) is 21.1 Å².